The van der Waals surface area contributed by atoms with Crippen LogP contribution in [0.25, 0.3) is 0 Å². The van der Waals surface area contributed by atoms with Crippen LogP contribution in [0.5, 0.6) is 5.75 Å². The molecule has 0 heterocycles. The molecule has 0 radical (unpaired) electrons. The summed E-state index contributed by atoms with van der Waals surface area (Å²) in [6.45, 7) is 4.06. The second-order valence-electron chi connectivity index (χ2n) is 4.50. The van der Waals surface area contributed by atoms with Crippen molar-refractivity contribution in [1.82, 2.24) is 0 Å². The van der Waals surface area contributed by atoms with Gasteiger partial charge in [0.25, 0.3) is 0 Å². The Labute approximate surface area is 107 Å². The van der Waals surface area contributed by atoms with E-state index in [1.807, 2.05) is 13.8 Å². The number of ether oxygens (including phenoxy) is 1. The zero-order chi connectivity index (χ0) is 12.9. The minimum absolute atomic E-state index is 0.114. The number of nitrogens with zero attached hydrogens (tertiary/aromatic N) is 1. The number of aliphatic hydroxyl groups is 1. The Balaban J connectivity index is 2.61. The van der Waals surface area contributed by atoms with E-state index in [9.17, 15) is 0 Å². The molecule has 17 heavy (non-hydrogen) atoms. The second kappa shape index (κ2) is 5.90. The number of hydrogen-bond donors (Lipinski definition) is 1. The van der Waals surface area contributed by atoms with Gasteiger partial charge >= 0.3 is 0 Å². The maximum atomic E-state index is 9.16. The van der Waals surface area contributed by atoms with Crippen molar-refractivity contribution in [3.05, 3.63) is 28.8 Å². The number of halogens is 1. The van der Waals surface area contributed by atoms with Crippen LogP contribution in [-0.2, 0) is 6.61 Å². The highest BCUT2D eigenvalue weighted by Gasteiger charge is 2.16. The van der Waals surface area contributed by atoms with Crippen molar-refractivity contribution in [3.63, 3.8) is 0 Å². The molecule has 0 amide bonds. The smallest absolute Gasteiger partial charge is 0.124 e. The quantitative estimate of drug-likeness (QED) is 0.877. The Bertz CT molecular complexity index is 424. The van der Waals surface area contributed by atoms with Gasteiger partial charge in [-0.2, -0.15) is 5.26 Å². The van der Waals surface area contributed by atoms with Crippen molar-refractivity contribution in [3.8, 4) is 11.8 Å². The van der Waals surface area contributed by atoms with Crippen LogP contribution in [0.3, 0.4) is 0 Å². The van der Waals surface area contributed by atoms with Crippen molar-refractivity contribution in [2.24, 2.45) is 5.41 Å². The van der Waals surface area contributed by atoms with E-state index in [0.29, 0.717) is 29.4 Å². The van der Waals surface area contributed by atoms with Crippen molar-refractivity contribution >= 4 is 11.6 Å². The highest BCUT2D eigenvalue weighted by molar-refractivity contribution is 6.30. The van der Waals surface area contributed by atoms with Crippen LogP contribution >= 0.6 is 11.6 Å². The minimum atomic E-state index is -0.397. The summed E-state index contributed by atoms with van der Waals surface area (Å²) < 4.78 is 5.55. The summed E-state index contributed by atoms with van der Waals surface area (Å²) >= 11 is 5.81. The third-order valence-corrected chi connectivity index (χ3v) is 2.72. The lowest BCUT2D eigenvalue weighted by Gasteiger charge is -2.16. The fourth-order valence-electron chi connectivity index (χ4n) is 1.28. The molecule has 3 nitrogen and oxygen atoms in total. The first-order chi connectivity index (χ1) is 7.98. The summed E-state index contributed by atoms with van der Waals surface area (Å²) in [5.74, 6) is 0.616. The van der Waals surface area contributed by atoms with Crippen molar-refractivity contribution in [2.75, 3.05) is 6.61 Å². The molecule has 4 heteroatoms. The molecule has 0 saturated heterocycles. The van der Waals surface area contributed by atoms with Gasteiger partial charge < -0.3 is 9.84 Å². The van der Waals surface area contributed by atoms with Crippen molar-refractivity contribution in [2.45, 2.75) is 26.9 Å². The molecule has 0 unspecified atom stereocenters. The highest BCUT2D eigenvalue weighted by atomic mass is 35.5. The van der Waals surface area contributed by atoms with Crippen LogP contribution in [0.1, 0.15) is 25.8 Å². The van der Waals surface area contributed by atoms with Gasteiger partial charge in [-0.05, 0) is 38.5 Å². The normalized spacial score (nSPS) is 11.0. The van der Waals surface area contributed by atoms with Crippen LogP contribution in [-0.4, -0.2) is 11.7 Å². The molecule has 0 atom stereocenters. The predicted octanol–water partition coefficient (Wildman–Crippen LogP) is 3.15. The number of aliphatic hydroxyl groups excluding tert-OH is 1. The molecule has 1 aromatic rings. The van der Waals surface area contributed by atoms with E-state index < -0.39 is 5.41 Å². The van der Waals surface area contributed by atoms with E-state index in [-0.39, 0.29) is 6.61 Å². The van der Waals surface area contributed by atoms with Crippen molar-refractivity contribution < 1.29 is 9.84 Å². The first-order valence-electron chi connectivity index (χ1n) is 5.42. The van der Waals surface area contributed by atoms with Crippen LogP contribution in [0.2, 0.25) is 5.02 Å². The third kappa shape index (κ3) is 4.26. The fraction of sp³-hybridized carbons (Fsp3) is 0.462. The topological polar surface area (TPSA) is 53.2 Å². The van der Waals surface area contributed by atoms with Gasteiger partial charge in [-0.3, -0.25) is 0 Å². The molecule has 0 aliphatic heterocycles. The van der Waals surface area contributed by atoms with E-state index in [1.54, 1.807) is 18.2 Å². The van der Waals surface area contributed by atoms with Gasteiger partial charge in [0, 0.05) is 10.6 Å². The highest BCUT2D eigenvalue weighted by Crippen LogP contribution is 2.24. The molecule has 0 saturated carbocycles. The second-order valence-corrected chi connectivity index (χ2v) is 4.94. The summed E-state index contributed by atoms with van der Waals surface area (Å²) in [4.78, 5) is 0. The first-order valence-corrected chi connectivity index (χ1v) is 5.79. The van der Waals surface area contributed by atoms with Crippen LogP contribution < -0.4 is 4.74 Å². The lowest BCUT2D eigenvalue weighted by atomic mass is 9.92. The van der Waals surface area contributed by atoms with Crippen LogP contribution in [0.4, 0.5) is 0 Å². The SMILES string of the molecule is CC(C)(C#N)CCOc1ccc(Cl)cc1CO. The average molecular weight is 254 g/mol. The van der Waals surface area contributed by atoms with Gasteiger partial charge in [-0.25, -0.2) is 0 Å². The molecular formula is C13H16ClNO2. The van der Waals surface area contributed by atoms with E-state index in [0.717, 1.165) is 0 Å². The number of nitriles is 1. The molecule has 0 bridgehead atoms. The third-order valence-electron chi connectivity index (χ3n) is 2.48. The van der Waals surface area contributed by atoms with Crippen LogP contribution in [0, 0.1) is 16.7 Å². The molecule has 0 aromatic heterocycles. The molecule has 92 valence electrons. The standard InChI is InChI=1S/C13H16ClNO2/c1-13(2,9-15)5-6-17-12-4-3-11(14)7-10(12)8-16/h3-4,7,16H,5-6,8H2,1-2H3. The number of benzene rings is 1. The van der Waals surface area contributed by atoms with E-state index in [2.05, 4.69) is 6.07 Å². The lowest BCUT2D eigenvalue weighted by Crippen LogP contribution is -2.13. The molecule has 0 aliphatic carbocycles. The van der Waals surface area contributed by atoms with Gasteiger partial charge in [0.05, 0.1) is 24.7 Å². The summed E-state index contributed by atoms with van der Waals surface area (Å²) in [5, 5.41) is 18.6. The zero-order valence-electron chi connectivity index (χ0n) is 10.0. The molecule has 1 aromatic carbocycles. The Morgan fingerprint density at radius 3 is 2.76 bits per heavy atom. The zero-order valence-corrected chi connectivity index (χ0v) is 10.8. The van der Waals surface area contributed by atoms with E-state index in [4.69, 9.17) is 26.7 Å². The number of hydrogen-bond acceptors (Lipinski definition) is 3. The van der Waals surface area contributed by atoms with Crippen molar-refractivity contribution in [1.29, 1.82) is 5.26 Å². The minimum Gasteiger partial charge on any atom is -0.493 e. The predicted molar refractivity (Wildman–Crippen MR) is 66.9 cm³/mol. The largest absolute Gasteiger partial charge is 0.493 e. The summed E-state index contributed by atoms with van der Waals surface area (Å²) in [5.41, 5.74) is 0.262. The van der Waals surface area contributed by atoms with Crippen LogP contribution in [0.15, 0.2) is 18.2 Å². The Kier molecular flexibility index (Phi) is 4.80. The van der Waals surface area contributed by atoms with Gasteiger partial charge in [0.2, 0.25) is 0 Å². The first kappa shape index (κ1) is 13.8. The lowest BCUT2D eigenvalue weighted by molar-refractivity contribution is 0.244. The summed E-state index contributed by atoms with van der Waals surface area (Å²) in [6, 6.07) is 7.33. The molecule has 0 spiro atoms. The number of rotatable bonds is 5. The summed E-state index contributed by atoms with van der Waals surface area (Å²) in [7, 11) is 0. The molecule has 1 rings (SSSR count). The Morgan fingerprint density at radius 1 is 1.47 bits per heavy atom. The van der Waals surface area contributed by atoms with Gasteiger partial charge in [0.15, 0.2) is 0 Å². The Hall–Kier alpha value is -1.24. The molecule has 0 fully saturated rings. The fourth-order valence-corrected chi connectivity index (χ4v) is 1.48. The molecule has 0 aliphatic rings. The Morgan fingerprint density at radius 2 is 2.18 bits per heavy atom. The summed E-state index contributed by atoms with van der Waals surface area (Å²) in [6.07, 6.45) is 0.636. The van der Waals surface area contributed by atoms with Gasteiger partial charge in [0.1, 0.15) is 5.75 Å². The van der Waals surface area contributed by atoms with E-state index >= 15 is 0 Å². The maximum Gasteiger partial charge on any atom is 0.124 e. The maximum absolute atomic E-state index is 9.16. The van der Waals surface area contributed by atoms with Gasteiger partial charge in [-0.15, -0.1) is 0 Å². The average Bonchev–Trinajstić information content (AvgIpc) is 2.30. The molecular weight excluding hydrogens is 238 g/mol. The van der Waals surface area contributed by atoms with E-state index in [1.165, 1.54) is 0 Å². The molecule has 1 N–H and O–H groups in total. The van der Waals surface area contributed by atoms with Gasteiger partial charge in [-0.1, -0.05) is 11.6 Å². The monoisotopic (exact) mass is 253 g/mol.